The highest BCUT2D eigenvalue weighted by Gasteiger charge is 2.40. The first-order chi connectivity index (χ1) is 8.53. The highest BCUT2D eigenvalue weighted by Crippen LogP contribution is 2.37. The number of ether oxygens (including phenoxy) is 1. The van der Waals surface area contributed by atoms with Gasteiger partial charge < -0.3 is 14.7 Å². The molecule has 5 nitrogen and oxygen atoms in total. The molecule has 1 rings (SSSR count). The molecule has 0 radical (unpaired) electrons. The Balaban J connectivity index is 3.21. The molecule has 0 aliphatic carbocycles. The molecule has 1 N–H and O–H groups in total. The molecule has 0 aromatic carbocycles. The van der Waals surface area contributed by atoms with Gasteiger partial charge in [0.15, 0.2) is 0 Å². The molecule has 0 amide bonds. The first-order valence-corrected chi connectivity index (χ1v) is 6.23. The van der Waals surface area contributed by atoms with Gasteiger partial charge in [-0.05, 0) is 26.9 Å². The van der Waals surface area contributed by atoms with Crippen molar-refractivity contribution in [2.24, 2.45) is 0 Å². The van der Waals surface area contributed by atoms with Crippen LogP contribution in [0, 0.1) is 0 Å². The largest absolute Gasteiger partial charge is 0.480 e. The summed E-state index contributed by atoms with van der Waals surface area (Å²) in [5, 5.41) is 10.7. The van der Waals surface area contributed by atoms with E-state index in [2.05, 4.69) is 23.8 Å². The summed E-state index contributed by atoms with van der Waals surface area (Å²) in [7, 11) is 5.48. The monoisotopic (exact) mass is 253 g/mol. The zero-order valence-electron chi connectivity index (χ0n) is 11.8. The zero-order valence-corrected chi connectivity index (χ0v) is 11.8. The van der Waals surface area contributed by atoms with Crippen LogP contribution >= 0.6 is 0 Å². The number of methoxy groups -OCH3 is 1. The molecule has 1 aromatic rings. The molecule has 0 aliphatic heterocycles. The number of nitrogens with zero attached hydrogens (tertiary/aromatic N) is 3. The van der Waals surface area contributed by atoms with Crippen LogP contribution in [0.25, 0.3) is 0 Å². The quantitative estimate of drug-likeness (QED) is 0.835. The molecule has 0 bridgehead atoms. The van der Waals surface area contributed by atoms with Gasteiger partial charge in [-0.15, -0.1) is 0 Å². The fraction of sp³-hybridized carbons (Fsp3) is 0.692. The van der Waals surface area contributed by atoms with E-state index in [1.165, 1.54) is 7.11 Å². The van der Waals surface area contributed by atoms with Crippen LogP contribution in [0.15, 0.2) is 12.4 Å². The van der Waals surface area contributed by atoms with Gasteiger partial charge in [-0.3, -0.25) is 4.98 Å². The van der Waals surface area contributed by atoms with Gasteiger partial charge in [-0.2, -0.15) is 0 Å². The van der Waals surface area contributed by atoms with Crippen molar-refractivity contribution in [3.8, 4) is 5.88 Å². The Hall–Kier alpha value is -1.20. The van der Waals surface area contributed by atoms with E-state index in [-0.39, 0.29) is 5.54 Å². The average Bonchev–Trinajstić information content (AvgIpc) is 2.40. The van der Waals surface area contributed by atoms with Gasteiger partial charge in [0.25, 0.3) is 0 Å². The van der Waals surface area contributed by atoms with Crippen LogP contribution in [0.1, 0.15) is 38.5 Å². The van der Waals surface area contributed by atoms with E-state index >= 15 is 0 Å². The van der Waals surface area contributed by atoms with E-state index in [9.17, 15) is 5.11 Å². The highest BCUT2D eigenvalue weighted by molar-refractivity contribution is 5.23. The van der Waals surface area contributed by atoms with Crippen molar-refractivity contribution in [1.29, 1.82) is 0 Å². The second kappa shape index (κ2) is 6.11. The molecule has 102 valence electrons. The predicted octanol–water partition coefficient (Wildman–Crippen LogP) is 1.64. The van der Waals surface area contributed by atoms with E-state index in [0.29, 0.717) is 11.6 Å². The second-order valence-corrected chi connectivity index (χ2v) is 4.56. The third kappa shape index (κ3) is 2.47. The van der Waals surface area contributed by atoms with Crippen LogP contribution in [0.5, 0.6) is 5.88 Å². The van der Waals surface area contributed by atoms with Crippen LogP contribution in [-0.2, 0) is 0 Å². The Morgan fingerprint density at radius 3 is 2.28 bits per heavy atom. The van der Waals surface area contributed by atoms with Crippen molar-refractivity contribution in [1.82, 2.24) is 14.9 Å². The number of rotatable bonds is 6. The second-order valence-electron chi connectivity index (χ2n) is 4.56. The van der Waals surface area contributed by atoms with E-state index in [1.54, 1.807) is 12.4 Å². The number of aromatic nitrogens is 2. The van der Waals surface area contributed by atoms with Crippen LogP contribution in [0.4, 0.5) is 0 Å². The van der Waals surface area contributed by atoms with Crippen molar-refractivity contribution >= 4 is 0 Å². The van der Waals surface area contributed by atoms with Gasteiger partial charge in [-0.1, -0.05) is 13.8 Å². The Morgan fingerprint density at radius 2 is 1.83 bits per heavy atom. The molecule has 18 heavy (non-hydrogen) atoms. The van der Waals surface area contributed by atoms with E-state index < -0.39 is 6.10 Å². The van der Waals surface area contributed by atoms with Crippen molar-refractivity contribution in [2.45, 2.75) is 38.3 Å². The molecule has 1 atom stereocenters. The smallest absolute Gasteiger partial charge is 0.238 e. The minimum atomic E-state index is -0.730. The summed E-state index contributed by atoms with van der Waals surface area (Å²) in [6.45, 7) is 4.13. The maximum Gasteiger partial charge on any atom is 0.238 e. The number of hydrogen-bond acceptors (Lipinski definition) is 5. The summed E-state index contributed by atoms with van der Waals surface area (Å²) in [5.41, 5.74) is 0.140. The maximum absolute atomic E-state index is 10.7. The van der Waals surface area contributed by atoms with E-state index in [4.69, 9.17) is 4.74 Å². The molecular weight excluding hydrogens is 230 g/mol. The standard InChI is InChI=1S/C13H23N3O2/c1-6-13(7-2,16(3)4)11(17)10-12(18-5)15-9-8-14-10/h8-9,11,17H,6-7H2,1-5H3. The minimum Gasteiger partial charge on any atom is -0.480 e. The Bertz CT molecular complexity index is 378. The summed E-state index contributed by atoms with van der Waals surface area (Å²) >= 11 is 0. The number of likely N-dealkylation sites (N-methyl/N-ethyl adjacent to an activating group) is 1. The lowest BCUT2D eigenvalue weighted by Crippen LogP contribution is -2.48. The highest BCUT2D eigenvalue weighted by atomic mass is 16.5. The van der Waals surface area contributed by atoms with Gasteiger partial charge in [0.05, 0.1) is 12.6 Å². The summed E-state index contributed by atoms with van der Waals surface area (Å²) < 4.78 is 5.18. The molecule has 0 saturated carbocycles. The van der Waals surface area contributed by atoms with Gasteiger partial charge in [0.2, 0.25) is 5.88 Å². The Morgan fingerprint density at radius 1 is 1.28 bits per heavy atom. The fourth-order valence-corrected chi connectivity index (χ4v) is 2.45. The van der Waals surface area contributed by atoms with Crippen molar-refractivity contribution < 1.29 is 9.84 Å². The topological polar surface area (TPSA) is 58.5 Å². The first-order valence-electron chi connectivity index (χ1n) is 6.23. The predicted molar refractivity (Wildman–Crippen MR) is 70.5 cm³/mol. The summed E-state index contributed by atoms with van der Waals surface area (Å²) in [6, 6.07) is 0. The summed E-state index contributed by atoms with van der Waals surface area (Å²) in [5.74, 6) is 0.387. The average molecular weight is 253 g/mol. The van der Waals surface area contributed by atoms with E-state index in [0.717, 1.165) is 12.8 Å². The lowest BCUT2D eigenvalue weighted by molar-refractivity contribution is -0.0189. The van der Waals surface area contributed by atoms with Gasteiger partial charge in [-0.25, -0.2) is 4.98 Å². The minimum absolute atomic E-state index is 0.358. The molecule has 1 heterocycles. The molecule has 0 fully saturated rings. The van der Waals surface area contributed by atoms with Crippen LogP contribution < -0.4 is 4.74 Å². The third-order valence-corrected chi connectivity index (χ3v) is 3.77. The van der Waals surface area contributed by atoms with Gasteiger partial charge in [0.1, 0.15) is 11.8 Å². The molecule has 0 aliphatic rings. The molecule has 1 aromatic heterocycles. The zero-order chi connectivity index (χ0) is 13.8. The number of aliphatic hydroxyl groups excluding tert-OH is 1. The maximum atomic E-state index is 10.7. The number of aliphatic hydroxyl groups is 1. The molecular formula is C13H23N3O2. The van der Waals surface area contributed by atoms with Crippen molar-refractivity contribution in [3.63, 3.8) is 0 Å². The molecule has 1 unspecified atom stereocenters. The van der Waals surface area contributed by atoms with Crippen LogP contribution in [0.3, 0.4) is 0 Å². The lowest BCUT2D eigenvalue weighted by Gasteiger charge is -2.42. The van der Waals surface area contributed by atoms with Crippen LogP contribution in [-0.4, -0.2) is 46.7 Å². The van der Waals surface area contributed by atoms with Crippen molar-refractivity contribution in [3.05, 3.63) is 18.1 Å². The van der Waals surface area contributed by atoms with Gasteiger partial charge >= 0.3 is 0 Å². The summed E-state index contributed by atoms with van der Waals surface area (Å²) in [4.78, 5) is 10.4. The lowest BCUT2D eigenvalue weighted by atomic mass is 9.83. The Kier molecular flexibility index (Phi) is 5.04. The van der Waals surface area contributed by atoms with Crippen LogP contribution in [0.2, 0.25) is 0 Å². The van der Waals surface area contributed by atoms with Gasteiger partial charge in [0, 0.05) is 12.4 Å². The molecule has 0 saturated heterocycles. The molecule has 0 spiro atoms. The first kappa shape index (κ1) is 14.9. The van der Waals surface area contributed by atoms with Crippen molar-refractivity contribution in [2.75, 3.05) is 21.2 Å². The SMILES string of the molecule is CCC(CC)(C(O)c1nccnc1OC)N(C)C. The Labute approximate surface area is 109 Å². The third-order valence-electron chi connectivity index (χ3n) is 3.77. The molecule has 5 heteroatoms. The van der Waals surface area contributed by atoms with E-state index in [1.807, 2.05) is 19.0 Å². The normalized spacial score (nSPS) is 13.7. The number of hydrogen-bond donors (Lipinski definition) is 1. The summed E-state index contributed by atoms with van der Waals surface area (Å²) in [6.07, 6.45) is 4.04. The fourth-order valence-electron chi connectivity index (χ4n) is 2.45.